The van der Waals surface area contributed by atoms with Gasteiger partial charge in [-0.1, -0.05) is 12.1 Å². The van der Waals surface area contributed by atoms with Crippen molar-refractivity contribution in [1.29, 1.82) is 5.26 Å². The number of aryl methyl sites for hydroxylation is 1. The summed E-state index contributed by atoms with van der Waals surface area (Å²) in [5.41, 5.74) is 2.86. The van der Waals surface area contributed by atoms with Gasteiger partial charge in [-0.3, -0.25) is 0 Å². The zero-order valence-electron chi connectivity index (χ0n) is 16.9. The molecule has 1 aliphatic heterocycles. The molecule has 0 fully saturated rings. The summed E-state index contributed by atoms with van der Waals surface area (Å²) < 4.78 is 52.0. The van der Waals surface area contributed by atoms with Crippen molar-refractivity contribution >= 4 is 15.7 Å². The van der Waals surface area contributed by atoms with E-state index in [1.54, 1.807) is 0 Å². The number of sulfonamides is 1. The lowest BCUT2D eigenvalue weighted by Gasteiger charge is -2.31. The molecule has 0 amide bonds. The fraction of sp³-hybridized carbons (Fsp3) is 0.450. The van der Waals surface area contributed by atoms with Crippen molar-refractivity contribution in [3.05, 3.63) is 47.5 Å². The van der Waals surface area contributed by atoms with Gasteiger partial charge in [0.05, 0.1) is 24.5 Å². The number of anilines is 1. The van der Waals surface area contributed by atoms with Gasteiger partial charge in [0.1, 0.15) is 30.2 Å². The molecular formula is C20H23F2N5O2S. The molecule has 0 saturated carbocycles. The Morgan fingerprint density at radius 3 is 2.40 bits per heavy atom. The Morgan fingerprint density at radius 2 is 1.87 bits per heavy atom. The van der Waals surface area contributed by atoms with Gasteiger partial charge in [-0.25, -0.2) is 31.9 Å². The summed E-state index contributed by atoms with van der Waals surface area (Å²) in [6, 6.07) is 6.30. The highest BCUT2D eigenvalue weighted by atomic mass is 32.2. The minimum absolute atomic E-state index is 0.0393. The highest BCUT2D eigenvalue weighted by Gasteiger charge is 2.42. The van der Waals surface area contributed by atoms with Gasteiger partial charge in [-0.05, 0) is 38.0 Å². The molecule has 3 rings (SSSR count). The Kier molecular flexibility index (Phi) is 6.33. The monoisotopic (exact) mass is 435 g/mol. The number of nitriles is 1. The molecule has 2 heterocycles. The van der Waals surface area contributed by atoms with Crippen LogP contribution in [0.15, 0.2) is 35.5 Å². The molecule has 1 aliphatic rings. The topological polar surface area (TPSA) is 99.0 Å². The van der Waals surface area contributed by atoms with E-state index in [4.69, 9.17) is 0 Å². The lowest BCUT2D eigenvalue weighted by atomic mass is 9.95. The summed E-state index contributed by atoms with van der Waals surface area (Å²) in [6.07, 6.45) is 2.19. The number of rotatable bonds is 7. The minimum Gasteiger partial charge on any atom is -0.357 e. The first kappa shape index (κ1) is 22.1. The van der Waals surface area contributed by atoms with E-state index in [0.717, 1.165) is 29.2 Å². The Bertz CT molecular complexity index is 1050. The molecule has 0 saturated heterocycles. The maximum Gasteiger partial charge on any atom is 0.244 e. The maximum atomic E-state index is 12.7. The number of fused-ring (bicyclic) bond motifs is 1. The standard InChI is InChI=1S/C20H23F2N5O2S/c1-12(2)27-18-6-13(3)4-5-16(18)17(9-23)19(27)20-24-10-15(11-25-20)30(28,29)26-14(7-21)8-22/h4-6,10-12,14,17,19,26H,7-8H2,1-3H3. The third-order valence-corrected chi connectivity index (χ3v) is 6.50. The van der Waals surface area contributed by atoms with Gasteiger partial charge >= 0.3 is 0 Å². The predicted molar refractivity (Wildman–Crippen MR) is 108 cm³/mol. The molecule has 7 nitrogen and oxygen atoms in total. The molecule has 0 spiro atoms. The first-order chi connectivity index (χ1) is 14.2. The van der Waals surface area contributed by atoms with Gasteiger partial charge in [-0.15, -0.1) is 0 Å². The number of halogens is 2. The van der Waals surface area contributed by atoms with Gasteiger partial charge in [0.15, 0.2) is 5.82 Å². The van der Waals surface area contributed by atoms with Crippen LogP contribution < -0.4 is 9.62 Å². The summed E-state index contributed by atoms with van der Waals surface area (Å²) in [6.45, 7) is 3.63. The van der Waals surface area contributed by atoms with E-state index < -0.39 is 41.4 Å². The zero-order chi connectivity index (χ0) is 22.1. The summed E-state index contributed by atoms with van der Waals surface area (Å²) >= 11 is 0. The normalized spacial score (nSPS) is 18.7. The van der Waals surface area contributed by atoms with Gasteiger partial charge < -0.3 is 4.90 Å². The number of alkyl halides is 2. The molecule has 1 aromatic carbocycles. The van der Waals surface area contributed by atoms with Gasteiger partial charge in [0, 0.05) is 11.7 Å². The molecule has 2 atom stereocenters. The molecule has 1 N–H and O–H groups in total. The van der Waals surface area contributed by atoms with E-state index in [1.807, 2.05) is 43.7 Å². The number of benzene rings is 1. The van der Waals surface area contributed by atoms with Crippen LogP contribution in [0.25, 0.3) is 0 Å². The number of nitrogens with zero attached hydrogens (tertiary/aromatic N) is 4. The maximum absolute atomic E-state index is 12.7. The predicted octanol–water partition coefficient (Wildman–Crippen LogP) is 2.95. The number of hydrogen-bond donors (Lipinski definition) is 1. The number of nitrogens with one attached hydrogen (secondary N) is 1. The molecule has 160 valence electrons. The third kappa shape index (κ3) is 4.00. The Morgan fingerprint density at radius 1 is 1.23 bits per heavy atom. The van der Waals surface area contributed by atoms with Crippen LogP contribution in [-0.4, -0.2) is 43.8 Å². The number of hydrogen-bond acceptors (Lipinski definition) is 6. The van der Waals surface area contributed by atoms with Crippen LogP contribution in [0, 0.1) is 18.3 Å². The van der Waals surface area contributed by atoms with Gasteiger partial charge in [-0.2, -0.15) is 5.26 Å². The first-order valence-corrected chi connectivity index (χ1v) is 11.0. The molecule has 30 heavy (non-hydrogen) atoms. The van der Waals surface area contributed by atoms with Crippen LogP contribution in [0.1, 0.15) is 42.8 Å². The second-order valence-corrected chi connectivity index (χ2v) is 9.23. The Hall–Kier alpha value is -2.64. The van der Waals surface area contributed by atoms with E-state index in [1.165, 1.54) is 0 Å². The van der Waals surface area contributed by atoms with Crippen LogP contribution in [-0.2, 0) is 10.0 Å². The minimum atomic E-state index is -4.17. The van der Waals surface area contributed by atoms with Gasteiger partial charge in [0.25, 0.3) is 0 Å². The van der Waals surface area contributed by atoms with E-state index in [2.05, 4.69) is 20.9 Å². The zero-order valence-corrected chi connectivity index (χ0v) is 17.7. The quantitative estimate of drug-likeness (QED) is 0.718. The lowest BCUT2D eigenvalue weighted by molar-refractivity contribution is 0.334. The molecule has 0 radical (unpaired) electrons. The van der Waals surface area contributed by atoms with Crippen molar-refractivity contribution in [2.45, 2.75) is 49.7 Å². The lowest BCUT2D eigenvalue weighted by Crippen LogP contribution is -2.38. The van der Waals surface area contributed by atoms with Gasteiger partial charge in [0.2, 0.25) is 10.0 Å². The summed E-state index contributed by atoms with van der Waals surface area (Å²) in [5, 5.41) is 9.84. The van der Waals surface area contributed by atoms with Crippen LogP contribution in [0.2, 0.25) is 0 Å². The first-order valence-electron chi connectivity index (χ1n) is 9.48. The molecular weight excluding hydrogens is 412 g/mol. The summed E-state index contributed by atoms with van der Waals surface area (Å²) in [7, 11) is -4.17. The second-order valence-electron chi connectivity index (χ2n) is 7.52. The largest absolute Gasteiger partial charge is 0.357 e. The van der Waals surface area contributed by atoms with Crippen molar-refractivity contribution in [3.63, 3.8) is 0 Å². The molecule has 1 aromatic heterocycles. The molecule has 10 heteroatoms. The highest BCUT2D eigenvalue weighted by Crippen LogP contribution is 2.49. The molecule has 2 unspecified atom stereocenters. The third-order valence-electron chi connectivity index (χ3n) is 5.03. The smallest absolute Gasteiger partial charge is 0.244 e. The summed E-state index contributed by atoms with van der Waals surface area (Å²) in [5.74, 6) is -0.221. The Labute approximate surface area is 174 Å². The summed E-state index contributed by atoms with van der Waals surface area (Å²) in [4.78, 5) is 10.2. The number of aromatic nitrogens is 2. The average molecular weight is 436 g/mol. The van der Waals surface area contributed by atoms with Crippen LogP contribution in [0.3, 0.4) is 0 Å². The Balaban J connectivity index is 1.98. The van der Waals surface area contributed by atoms with Crippen molar-refractivity contribution in [2.75, 3.05) is 18.2 Å². The SMILES string of the molecule is Cc1ccc2c(c1)N(C(C)C)C(c1ncc(S(=O)(=O)NC(CF)CF)cn1)C2C#N. The van der Waals surface area contributed by atoms with Crippen LogP contribution in [0.4, 0.5) is 14.5 Å². The fourth-order valence-electron chi connectivity index (χ4n) is 3.64. The van der Waals surface area contributed by atoms with Crippen LogP contribution in [0.5, 0.6) is 0 Å². The second kappa shape index (κ2) is 8.62. The highest BCUT2D eigenvalue weighted by molar-refractivity contribution is 7.89. The average Bonchev–Trinajstić information content (AvgIpc) is 3.05. The fourth-order valence-corrected chi connectivity index (χ4v) is 4.73. The van der Waals surface area contributed by atoms with Crippen LogP contribution >= 0.6 is 0 Å². The van der Waals surface area contributed by atoms with E-state index in [-0.39, 0.29) is 10.9 Å². The van der Waals surface area contributed by atoms with Crippen molar-refractivity contribution in [3.8, 4) is 6.07 Å². The van der Waals surface area contributed by atoms with E-state index in [9.17, 15) is 22.5 Å². The van der Waals surface area contributed by atoms with Crippen molar-refractivity contribution in [2.24, 2.45) is 0 Å². The van der Waals surface area contributed by atoms with E-state index in [0.29, 0.717) is 5.82 Å². The van der Waals surface area contributed by atoms with Crippen molar-refractivity contribution < 1.29 is 17.2 Å². The van der Waals surface area contributed by atoms with E-state index >= 15 is 0 Å². The van der Waals surface area contributed by atoms with Crippen molar-refractivity contribution in [1.82, 2.24) is 14.7 Å². The molecule has 0 aliphatic carbocycles. The molecule has 0 bridgehead atoms. The molecule has 2 aromatic rings.